The number of nitrogens with one attached hydrogen (secondary N) is 1. The summed E-state index contributed by atoms with van der Waals surface area (Å²) in [5, 5.41) is 3.29. The Labute approximate surface area is 201 Å². The normalized spacial score (nSPS) is 15.3. The van der Waals surface area contributed by atoms with Crippen LogP contribution in [0.5, 0.6) is 17.2 Å². The fourth-order valence-electron chi connectivity index (χ4n) is 3.19. The Bertz CT molecular complexity index is 1300. The van der Waals surface area contributed by atoms with E-state index in [1.165, 1.54) is 18.9 Å². The molecule has 34 heavy (non-hydrogen) atoms. The van der Waals surface area contributed by atoms with E-state index in [1.54, 1.807) is 55.7 Å². The maximum absolute atomic E-state index is 12.5. The van der Waals surface area contributed by atoms with Crippen LogP contribution in [0, 0.1) is 6.92 Å². The third-order valence-corrected chi connectivity index (χ3v) is 5.81. The van der Waals surface area contributed by atoms with Crippen LogP contribution in [0.3, 0.4) is 0 Å². The second-order valence-corrected chi connectivity index (χ2v) is 8.38. The van der Waals surface area contributed by atoms with Gasteiger partial charge in [0.1, 0.15) is 5.75 Å². The molecule has 4 rings (SSSR count). The van der Waals surface area contributed by atoms with Crippen LogP contribution in [-0.4, -0.2) is 31.3 Å². The number of thioether (sulfide) groups is 1. The summed E-state index contributed by atoms with van der Waals surface area (Å²) in [5.41, 5.74) is 2.96. The SMILES string of the molecule is COc1ccc(C(=O)Oc2ccc(/C=C3\SC(=Nc4cccc(C)c4)NC3=O)cc2OC)cc1. The van der Waals surface area contributed by atoms with Gasteiger partial charge in [0, 0.05) is 0 Å². The molecular formula is C26H22N2O5S. The Morgan fingerprint density at radius 2 is 1.76 bits per heavy atom. The first-order valence-electron chi connectivity index (χ1n) is 10.4. The third-order valence-electron chi connectivity index (χ3n) is 4.90. The summed E-state index contributed by atoms with van der Waals surface area (Å²) in [6.07, 6.45) is 1.73. The average Bonchev–Trinajstić information content (AvgIpc) is 3.18. The molecule has 1 aliphatic rings. The molecule has 0 aromatic heterocycles. The van der Waals surface area contributed by atoms with Crippen LogP contribution in [0.1, 0.15) is 21.5 Å². The van der Waals surface area contributed by atoms with Gasteiger partial charge in [0.15, 0.2) is 16.7 Å². The van der Waals surface area contributed by atoms with Crippen molar-refractivity contribution in [2.75, 3.05) is 14.2 Å². The van der Waals surface area contributed by atoms with E-state index in [1.807, 2.05) is 31.2 Å². The zero-order valence-corrected chi connectivity index (χ0v) is 19.6. The Balaban J connectivity index is 1.50. The maximum atomic E-state index is 12.5. The summed E-state index contributed by atoms with van der Waals surface area (Å²) in [7, 11) is 3.04. The molecule has 1 saturated heterocycles. The molecule has 0 saturated carbocycles. The van der Waals surface area contributed by atoms with Gasteiger partial charge in [-0.15, -0.1) is 0 Å². The van der Waals surface area contributed by atoms with Crippen LogP contribution in [-0.2, 0) is 4.79 Å². The first-order valence-corrected chi connectivity index (χ1v) is 11.2. The van der Waals surface area contributed by atoms with E-state index < -0.39 is 5.97 Å². The first-order chi connectivity index (χ1) is 16.4. The lowest BCUT2D eigenvalue weighted by molar-refractivity contribution is -0.115. The van der Waals surface area contributed by atoms with E-state index in [0.717, 1.165) is 16.8 Å². The molecule has 0 radical (unpaired) electrons. The van der Waals surface area contributed by atoms with Crippen molar-refractivity contribution >= 4 is 40.6 Å². The van der Waals surface area contributed by atoms with Crippen LogP contribution < -0.4 is 19.5 Å². The number of hydrogen-bond acceptors (Lipinski definition) is 7. The summed E-state index contributed by atoms with van der Waals surface area (Å²) in [5.74, 6) is 0.538. The van der Waals surface area contributed by atoms with E-state index in [-0.39, 0.29) is 11.7 Å². The minimum atomic E-state index is -0.519. The molecule has 1 aliphatic heterocycles. The third kappa shape index (κ3) is 5.47. The summed E-state index contributed by atoms with van der Waals surface area (Å²) >= 11 is 1.26. The van der Waals surface area contributed by atoms with Crippen LogP contribution in [0.4, 0.5) is 5.69 Å². The van der Waals surface area contributed by atoms with Gasteiger partial charge in [0.05, 0.1) is 30.4 Å². The van der Waals surface area contributed by atoms with E-state index in [2.05, 4.69) is 10.3 Å². The topological polar surface area (TPSA) is 86.2 Å². The second-order valence-electron chi connectivity index (χ2n) is 7.35. The summed E-state index contributed by atoms with van der Waals surface area (Å²) in [4.78, 5) is 29.9. The molecule has 7 nitrogen and oxygen atoms in total. The highest BCUT2D eigenvalue weighted by molar-refractivity contribution is 8.18. The molecule has 0 bridgehead atoms. The van der Waals surface area contributed by atoms with Crippen molar-refractivity contribution in [1.29, 1.82) is 0 Å². The molecule has 1 amide bonds. The van der Waals surface area contributed by atoms with Gasteiger partial charge in [0.25, 0.3) is 5.91 Å². The highest BCUT2D eigenvalue weighted by atomic mass is 32.2. The number of nitrogens with zero attached hydrogens (tertiary/aromatic N) is 1. The Morgan fingerprint density at radius 3 is 2.47 bits per heavy atom. The van der Waals surface area contributed by atoms with Crippen LogP contribution in [0.25, 0.3) is 6.08 Å². The lowest BCUT2D eigenvalue weighted by atomic mass is 10.1. The maximum Gasteiger partial charge on any atom is 0.343 e. The smallest absolute Gasteiger partial charge is 0.343 e. The lowest BCUT2D eigenvalue weighted by Gasteiger charge is -2.10. The van der Waals surface area contributed by atoms with Gasteiger partial charge >= 0.3 is 5.97 Å². The standard InChI is InChI=1S/C26H22N2O5S/c1-16-5-4-6-19(13-16)27-26-28-24(29)23(34-26)15-17-7-12-21(22(14-17)32-3)33-25(30)18-8-10-20(31-2)11-9-18/h4-15H,1-3H3,(H,27,28,29)/b23-15-. The van der Waals surface area contributed by atoms with Gasteiger partial charge < -0.3 is 19.5 Å². The summed E-state index contributed by atoms with van der Waals surface area (Å²) in [6.45, 7) is 1.99. The minimum absolute atomic E-state index is 0.231. The fourth-order valence-corrected chi connectivity index (χ4v) is 4.03. The average molecular weight is 475 g/mol. The Hall–Kier alpha value is -4.04. The second kappa shape index (κ2) is 10.3. The summed E-state index contributed by atoms with van der Waals surface area (Å²) in [6, 6.07) is 19.4. The minimum Gasteiger partial charge on any atom is -0.497 e. The van der Waals surface area contributed by atoms with Gasteiger partial charge in [-0.05, 0) is 84.4 Å². The van der Waals surface area contributed by atoms with E-state index in [9.17, 15) is 9.59 Å². The predicted octanol–water partition coefficient (Wildman–Crippen LogP) is 5.12. The highest BCUT2D eigenvalue weighted by Gasteiger charge is 2.24. The zero-order valence-electron chi connectivity index (χ0n) is 18.8. The number of methoxy groups -OCH3 is 2. The largest absolute Gasteiger partial charge is 0.497 e. The molecule has 0 spiro atoms. The van der Waals surface area contributed by atoms with Crippen molar-refractivity contribution in [3.63, 3.8) is 0 Å². The van der Waals surface area contributed by atoms with Crippen LogP contribution in [0.2, 0.25) is 0 Å². The van der Waals surface area contributed by atoms with E-state index in [4.69, 9.17) is 14.2 Å². The number of amidine groups is 1. The van der Waals surface area contributed by atoms with Crippen molar-refractivity contribution in [3.8, 4) is 17.2 Å². The predicted molar refractivity (Wildman–Crippen MR) is 133 cm³/mol. The monoisotopic (exact) mass is 474 g/mol. The number of benzene rings is 3. The number of carbonyl (C=O) groups excluding carboxylic acids is 2. The molecule has 1 heterocycles. The van der Waals surface area contributed by atoms with Crippen molar-refractivity contribution in [2.45, 2.75) is 6.92 Å². The van der Waals surface area contributed by atoms with Gasteiger partial charge in [-0.3, -0.25) is 4.79 Å². The van der Waals surface area contributed by atoms with Crippen molar-refractivity contribution in [1.82, 2.24) is 5.32 Å². The quantitative estimate of drug-likeness (QED) is 0.303. The Kier molecular flexibility index (Phi) is 6.98. The Morgan fingerprint density at radius 1 is 0.971 bits per heavy atom. The number of hydrogen-bond donors (Lipinski definition) is 1. The molecule has 8 heteroatoms. The number of ether oxygens (including phenoxy) is 3. The molecule has 3 aromatic rings. The molecular weight excluding hydrogens is 452 g/mol. The van der Waals surface area contributed by atoms with Gasteiger partial charge in [-0.25, -0.2) is 9.79 Å². The molecule has 0 atom stereocenters. The molecule has 0 unspecified atom stereocenters. The van der Waals surface area contributed by atoms with Crippen LogP contribution >= 0.6 is 11.8 Å². The van der Waals surface area contributed by atoms with Gasteiger partial charge in [0.2, 0.25) is 0 Å². The van der Waals surface area contributed by atoms with Crippen molar-refractivity contribution in [2.24, 2.45) is 4.99 Å². The fraction of sp³-hybridized carbons (Fsp3) is 0.115. The lowest BCUT2D eigenvalue weighted by Crippen LogP contribution is -2.19. The van der Waals surface area contributed by atoms with E-state index >= 15 is 0 Å². The molecule has 3 aromatic carbocycles. The number of esters is 1. The number of aryl methyl sites for hydroxylation is 1. The number of carbonyl (C=O) groups is 2. The molecule has 0 aliphatic carbocycles. The van der Waals surface area contributed by atoms with Gasteiger partial charge in [-0.1, -0.05) is 18.2 Å². The first kappa shape index (κ1) is 23.1. The highest BCUT2D eigenvalue weighted by Crippen LogP contribution is 2.33. The van der Waals surface area contributed by atoms with Crippen LogP contribution in [0.15, 0.2) is 76.6 Å². The zero-order chi connectivity index (χ0) is 24.1. The summed E-state index contributed by atoms with van der Waals surface area (Å²) < 4.78 is 16.0. The van der Waals surface area contributed by atoms with Crippen molar-refractivity contribution < 1.29 is 23.8 Å². The molecule has 172 valence electrons. The molecule has 1 N–H and O–H groups in total. The van der Waals surface area contributed by atoms with E-state index in [0.29, 0.717) is 27.1 Å². The number of amides is 1. The number of aliphatic imine (C=N–C) groups is 1. The number of rotatable bonds is 6. The molecule has 1 fully saturated rings. The van der Waals surface area contributed by atoms with Crippen molar-refractivity contribution in [3.05, 3.63) is 88.3 Å². The van der Waals surface area contributed by atoms with Gasteiger partial charge in [-0.2, -0.15) is 0 Å².